The Balaban J connectivity index is 1.93. The Morgan fingerprint density at radius 3 is 2.94 bits per heavy atom. The van der Waals surface area contributed by atoms with Crippen molar-refractivity contribution >= 4 is 5.91 Å². The van der Waals surface area contributed by atoms with Crippen molar-refractivity contribution in [3.63, 3.8) is 0 Å². The Bertz CT molecular complexity index is 368. The highest BCUT2D eigenvalue weighted by molar-refractivity contribution is 5.76. The molecule has 0 aliphatic carbocycles. The highest BCUT2D eigenvalue weighted by atomic mass is 16.2. The summed E-state index contributed by atoms with van der Waals surface area (Å²) in [7, 11) is 0. The third-order valence-corrected chi connectivity index (χ3v) is 3.10. The minimum absolute atomic E-state index is 0.207. The van der Waals surface area contributed by atoms with E-state index in [-0.39, 0.29) is 5.91 Å². The van der Waals surface area contributed by atoms with Crippen molar-refractivity contribution in [3.8, 4) is 0 Å². The Hall–Kier alpha value is -1.36. The van der Waals surface area contributed by atoms with E-state index < -0.39 is 0 Å². The summed E-state index contributed by atoms with van der Waals surface area (Å²) in [4.78, 5) is 18.2. The van der Waals surface area contributed by atoms with Crippen molar-refractivity contribution in [1.29, 1.82) is 0 Å². The molecule has 5 nitrogen and oxygen atoms in total. The lowest BCUT2D eigenvalue weighted by atomic mass is 10.4. The van der Waals surface area contributed by atoms with E-state index in [1.807, 2.05) is 15.7 Å². The minimum Gasteiger partial charge on any atom is -0.341 e. The number of aromatic nitrogens is 2. The Labute approximate surface area is 102 Å². The summed E-state index contributed by atoms with van der Waals surface area (Å²) >= 11 is 0. The largest absolute Gasteiger partial charge is 0.341 e. The zero-order valence-corrected chi connectivity index (χ0v) is 10.4. The van der Waals surface area contributed by atoms with Gasteiger partial charge in [-0.05, 0) is 19.4 Å². The summed E-state index contributed by atoms with van der Waals surface area (Å²) < 4.78 is 1.93. The molecule has 0 radical (unpaired) electrons. The smallest absolute Gasteiger partial charge is 0.242 e. The summed E-state index contributed by atoms with van der Waals surface area (Å²) in [6.07, 6.45) is 5.91. The average molecular weight is 236 g/mol. The second-order valence-electron chi connectivity index (χ2n) is 4.34. The zero-order chi connectivity index (χ0) is 12.1. The van der Waals surface area contributed by atoms with Gasteiger partial charge in [0, 0.05) is 25.5 Å². The Kier molecular flexibility index (Phi) is 4.14. The van der Waals surface area contributed by atoms with Crippen LogP contribution in [0.5, 0.6) is 0 Å². The molecule has 17 heavy (non-hydrogen) atoms. The monoisotopic (exact) mass is 236 g/mol. The number of likely N-dealkylation sites (tertiary alicyclic amines) is 1. The number of imidazole rings is 1. The van der Waals surface area contributed by atoms with Gasteiger partial charge < -0.3 is 14.8 Å². The lowest BCUT2D eigenvalue weighted by Gasteiger charge is -2.16. The number of nitrogens with zero attached hydrogens (tertiary/aromatic N) is 3. The average Bonchev–Trinajstić information content (AvgIpc) is 2.97. The highest BCUT2D eigenvalue weighted by Gasteiger charge is 2.18. The van der Waals surface area contributed by atoms with Gasteiger partial charge in [-0.25, -0.2) is 4.98 Å². The molecule has 1 aromatic heterocycles. The van der Waals surface area contributed by atoms with Gasteiger partial charge in [0.2, 0.25) is 5.91 Å². The van der Waals surface area contributed by atoms with E-state index in [4.69, 9.17) is 0 Å². The molecule has 0 atom stereocenters. The first-order valence-electron chi connectivity index (χ1n) is 6.29. The first-order chi connectivity index (χ1) is 8.31. The fourth-order valence-corrected chi connectivity index (χ4v) is 2.10. The van der Waals surface area contributed by atoms with Crippen LogP contribution in [0.4, 0.5) is 0 Å². The van der Waals surface area contributed by atoms with Crippen molar-refractivity contribution in [3.05, 3.63) is 18.2 Å². The fraction of sp³-hybridized carbons (Fsp3) is 0.667. The molecule has 1 amide bonds. The maximum atomic E-state index is 12.0. The van der Waals surface area contributed by atoms with Crippen molar-refractivity contribution in [2.24, 2.45) is 0 Å². The molecule has 94 valence electrons. The highest BCUT2D eigenvalue weighted by Crippen LogP contribution is 2.09. The number of amides is 1. The van der Waals surface area contributed by atoms with Crippen molar-refractivity contribution < 1.29 is 4.79 Å². The number of nitrogens with one attached hydrogen (secondary N) is 1. The van der Waals surface area contributed by atoms with E-state index in [9.17, 15) is 4.79 Å². The normalized spacial score (nSPS) is 15.5. The van der Waals surface area contributed by atoms with E-state index in [1.54, 1.807) is 6.20 Å². The predicted molar refractivity (Wildman–Crippen MR) is 65.4 cm³/mol. The summed E-state index contributed by atoms with van der Waals surface area (Å²) in [5.74, 6) is 1.14. The number of hydrogen-bond donors (Lipinski definition) is 1. The topological polar surface area (TPSA) is 50.2 Å². The van der Waals surface area contributed by atoms with Crippen LogP contribution in [-0.4, -0.2) is 40.0 Å². The Morgan fingerprint density at radius 1 is 1.47 bits per heavy atom. The van der Waals surface area contributed by atoms with Crippen LogP contribution in [0.25, 0.3) is 0 Å². The van der Waals surface area contributed by atoms with Crippen molar-refractivity contribution in [1.82, 2.24) is 19.8 Å². The quantitative estimate of drug-likeness (QED) is 0.815. The molecule has 5 heteroatoms. The zero-order valence-electron chi connectivity index (χ0n) is 10.4. The molecule has 1 aliphatic heterocycles. The number of carbonyl (C=O) groups excluding carboxylic acids is 1. The summed E-state index contributed by atoms with van der Waals surface area (Å²) in [6, 6.07) is 0. The molecule has 0 spiro atoms. The number of carbonyl (C=O) groups is 1. The lowest BCUT2D eigenvalue weighted by Crippen LogP contribution is -2.31. The second-order valence-corrected chi connectivity index (χ2v) is 4.34. The third-order valence-electron chi connectivity index (χ3n) is 3.10. The molecule has 0 unspecified atom stereocenters. The van der Waals surface area contributed by atoms with Crippen LogP contribution in [0, 0.1) is 0 Å². The van der Waals surface area contributed by atoms with E-state index in [2.05, 4.69) is 17.2 Å². The standard InChI is InChI=1S/C12H20N4O/c1-2-13-9-11-14-5-8-16(11)10-12(17)15-6-3-4-7-15/h5,8,13H,2-4,6-7,9-10H2,1H3. The minimum atomic E-state index is 0.207. The first kappa shape index (κ1) is 12.1. The molecule has 1 aromatic rings. The molecule has 0 aromatic carbocycles. The molecule has 1 aliphatic rings. The maximum Gasteiger partial charge on any atom is 0.242 e. The van der Waals surface area contributed by atoms with Gasteiger partial charge in [0.15, 0.2) is 0 Å². The van der Waals surface area contributed by atoms with Crippen molar-refractivity contribution in [2.75, 3.05) is 19.6 Å². The number of hydrogen-bond acceptors (Lipinski definition) is 3. The molecular weight excluding hydrogens is 216 g/mol. The molecule has 2 rings (SSSR count). The SMILES string of the molecule is CCNCc1nccn1CC(=O)N1CCCC1. The second kappa shape index (κ2) is 5.82. The van der Waals surface area contributed by atoms with Gasteiger partial charge >= 0.3 is 0 Å². The van der Waals surface area contributed by atoms with Crippen LogP contribution >= 0.6 is 0 Å². The van der Waals surface area contributed by atoms with E-state index in [0.717, 1.165) is 44.8 Å². The maximum absolute atomic E-state index is 12.0. The molecule has 2 heterocycles. The molecule has 1 fully saturated rings. The van der Waals surface area contributed by atoms with E-state index in [0.29, 0.717) is 6.54 Å². The number of rotatable bonds is 5. The van der Waals surface area contributed by atoms with Gasteiger partial charge in [0.25, 0.3) is 0 Å². The molecular formula is C12H20N4O. The molecule has 1 saturated heterocycles. The fourth-order valence-electron chi connectivity index (χ4n) is 2.10. The van der Waals surface area contributed by atoms with Gasteiger partial charge in [-0.15, -0.1) is 0 Å². The van der Waals surface area contributed by atoms with Gasteiger partial charge in [-0.1, -0.05) is 6.92 Å². The van der Waals surface area contributed by atoms with Gasteiger partial charge in [0.1, 0.15) is 12.4 Å². The van der Waals surface area contributed by atoms with Crippen LogP contribution in [0.15, 0.2) is 12.4 Å². The molecule has 0 saturated carbocycles. The first-order valence-corrected chi connectivity index (χ1v) is 6.29. The van der Waals surface area contributed by atoms with Crippen LogP contribution in [-0.2, 0) is 17.9 Å². The summed E-state index contributed by atoms with van der Waals surface area (Å²) in [5.41, 5.74) is 0. The van der Waals surface area contributed by atoms with Gasteiger partial charge in [-0.3, -0.25) is 4.79 Å². The van der Waals surface area contributed by atoms with E-state index >= 15 is 0 Å². The summed E-state index contributed by atoms with van der Waals surface area (Å²) in [5, 5.41) is 3.23. The van der Waals surface area contributed by atoms with Crippen LogP contribution in [0.3, 0.4) is 0 Å². The van der Waals surface area contributed by atoms with Crippen LogP contribution in [0.1, 0.15) is 25.6 Å². The Morgan fingerprint density at radius 2 is 2.24 bits per heavy atom. The van der Waals surface area contributed by atoms with Crippen molar-refractivity contribution in [2.45, 2.75) is 32.9 Å². The third kappa shape index (κ3) is 3.06. The van der Waals surface area contributed by atoms with Crippen LogP contribution < -0.4 is 5.32 Å². The van der Waals surface area contributed by atoms with Gasteiger partial charge in [-0.2, -0.15) is 0 Å². The van der Waals surface area contributed by atoms with Crippen LogP contribution in [0.2, 0.25) is 0 Å². The van der Waals surface area contributed by atoms with E-state index in [1.165, 1.54) is 0 Å². The van der Waals surface area contributed by atoms with Gasteiger partial charge in [0.05, 0.1) is 6.54 Å². The molecule has 0 bridgehead atoms. The molecule has 1 N–H and O–H groups in total. The predicted octanol–water partition coefficient (Wildman–Crippen LogP) is 0.615. The lowest BCUT2D eigenvalue weighted by molar-refractivity contribution is -0.130. The summed E-state index contributed by atoms with van der Waals surface area (Å²) in [6.45, 7) is 5.93.